The number of halogens is 3. The van der Waals surface area contributed by atoms with Gasteiger partial charge in [0, 0.05) is 24.6 Å². The van der Waals surface area contributed by atoms with Crippen molar-refractivity contribution in [3.05, 3.63) is 36.5 Å². The van der Waals surface area contributed by atoms with Gasteiger partial charge in [0.15, 0.2) is 11.8 Å². The van der Waals surface area contributed by atoms with Gasteiger partial charge in [-0.15, -0.1) is 0 Å². The van der Waals surface area contributed by atoms with Crippen molar-refractivity contribution in [3.8, 4) is 11.5 Å². The van der Waals surface area contributed by atoms with Crippen LogP contribution in [0.15, 0.2) is 46.7 Å². The standard InChI is InChI=1S/C16H16F3N3O3S/c1-24-10-3-4-12-13(7-10)22-15(21-12)26(2,23)14-8-11(5-6-20-14)25-9-16(17,18)19/h3-8,26H,9H2,1-2H3,(H,21,22). The zero-order valence-electron chi connectivity index (χ0n) is 13.9. The Morgan fingerprint density at radius 1 is 1.19 bits per heavy atom. The Balaban J connectivity index is 1.93. The third kappa shape index (κ3) is 3.79. The number of nitrogens with one attached hydrogen (secondary N) is 1. The molecule has 10 heteroatoms. The number of thiol groups is 1. The zero-order chi connectivity index (χ0) is 18.9. The molecule has 0 atom stereocenters. The molecule has 0 aliphatic heterocycles. The smallest absolute Gasteiger partial charge is 0.422 e. The van der Waals surface area contributed by atoms with Crippen LogP contribution in [0.2, 0.25) is 0 Å². The van der Waals surface area contributed by atoms with E-state index in [4.69, 9.17) is 9.47 Å². The number of alkyl halides is 3. The first-order valence-corrected chi connectivity index (χ1v) is 9.62. The Labute approximate surface area is 147 Å². The van der Waals surface area contributed by atoms with E-state index in [-0.39, 0.29) is 15.9 Å². The number of rotatable bonds is 5. The van der Waals surface area contributed by atoms with Crippen LogP contribution in [0.4, 0.5) is 13.2 Å². The highest BCUT2D eigenvalue weighted by Gasteiger charge is 2.29. The molecule has 1 aromatic carbocycles. The summed E-state index contributed by atoms with van der Waals surface area (Å²) in [6.45, 7) is -1.44. The van der Waals surface area contributed by atoms with E-state index in [0.29, 0.717) is 16.8 Å². The van der Waals surface area contributed by atoms with Crippen LogP contribution in [0.3, 0.4) is 0 Å². The number of aromatic nitrogens is 3. The molecular weight excluding hydrogens is 371 g/mol. The monoisotopic (exact) mass is 387 g/mol. The molecule has 0 fully saturated rings. The molecule has 1 N–H and O–H groups in total. The van der Waals surface area contributed by atoms with Crippen molar-refractivity contribution >= 4 is 21.0 Å². The highest BCUT2D eigenvalue weighted by atomic mass is 32.2. The molecule has 0 spiro atoms. The molecule has 6 nitrogen and oxygen atoms in total. The van der Waals surface area contributed by atoms with Gasteiger partial charge >= 0.3 is 6.18 Å². The Bertz CT molecular complexity index is 988. The molecular formula is C16H16F3N3O3S. The van der Waals surface area contributed by atoms with Gasteiger partial charge in [-0.05, 0) is 28.1 Å². The number of hydrogen-bond acceptors (Lipinski definition) is 5. The number of H-pyrrole nitrogens is 1. The minimum absolute atomic E-state index is 0.0628. The largest absolute Gasteiger partial charge is 0.497 e. The van der Waals surface area contributed by atoms with Crippen LogP contribution in [-0.4, -0.2) is 45.3 Å². The van der Waals surface area contributed by atoms with E-state index in [0.717, 1.165) is 0 Å². The summed E-state index contributed by atoms with van der Waals surface area (Å²) in [4.78, 5) is 11.3. The molecule has 3 aromatic rings. The molecule has 3 rings (SSSR count). The topological polar surface area (TPSA) is 77.1 Å². The minimum atomic E-state index is -4.46. The number of nitrogens with zero attached hydrogens (tertiary/aromatic N) is 2. The summed E-state index contributed by atoms with van der Waals surface area (Å²) >= 11 is 0. The Morgan fingerprint density at radius 3 is 2.65 bits per heavy atom. The number of methoxy groups -OCH3 is 1. The number of aromatic amines is 1. The van der Waals surface area contributed by atoms with Gasteiger partial charge in [0.1, 0.15) is 16.5 Å². The second-order valence-corrected chi connectivity index (χ2v) is 8.35. The fraction of sp³-hybridized carbons (Fsp3) is 0.250. The van der Waals surface area contributed by atoms with Crippen molar-refractivity contribution < 1.29 is 26.9 Å². The lowest BCUT2D eigenvalue weighted by molar-refractivity contribution is -0.153. The lowest BCUT2D eigenvalue weighted by atomic mass is 10.3. The number of fused-ring (bicyclic) bond motifs is 1. The highest BCUT2D eigenvalue weighted by molar-refractivity contribution is 8.02. The quantitative estimate of drug-likeness (QED) is 0.659. The molecule has 0 saturated carbocycles. The number of ether oxygens (including phenoxy) is 2. The number of hydrogen-bond donors (Lipinski definition) is 2. The first kappa shape index (κ1) is 18.2. The fourth-order valence-electron chi connectivity index (χ4n) is 2.30. The van der Waals surface area contributed by atoms with Gasteiger partial charge in [0.05, 0.1) is 18.1 Å². The van der Waals surface area contributed by atoms with E-state index in [1.54, 1.807) is 18.2 Å². The van der Waals surface area contributed by atoms with E-state index < -0.39 is 22.7 Å². The van der Waals surface area contributed by atoms with Crippen LogP contribution >= 0.6 is 0 Å². The summed E-state index contributed by atoms with van der Waals surface area (Å²) in [5.41, 5.74) is 1.22. The van der Waals surface area contributed by atoms with E-state index >= 15 is 0 Å². The first-order valence-electron chi connectivity index (χ1n) is 7.47. The van der Waals surface area contributed by atoms with Crippen LogP contribution in [0, 0.1) is 0 Å². The summed E-state index contributed by atoms with van der Waals surface area (Å²) in [5, 5.41) is 0.296. The molecule has 2 heterocycles. The average molecular weight is 387 g/mol. The van der Waals surface area contributed by atoms with E-state index in [2.05, 4.69) is 15.0 Å². The second kappa shape index (κ2) is 6.60. The van der Waals surface area contributed by atoms with E-state index in [1.165, 1.54) is 31.7 Å². The maximum Gasteiger partial charge on any atom is 0.422 e. The summed E-state index contributed by atoms with van der Waals surface area (Å²) < 4.78 is 60.0. The molecule has 0 amide bonds. The van der Waals surface area contributed by atoms with Crippen LogP contribution in [0.5, 0.6) is 11.5 Å². The summed E-state index contributed by atoms with van der Waals surface area (Å²) in [6, 6.07) is 7.67. The minimum Gasteiger partial charge on any atom is -0.497 e. The predicted molar refractivity (Wildman–Crippen MR) is 90.4 cm³/mol. The van der Waals surface area contributed by atoms with Gasteiger partial charge in [0.2, 0.25) is 0 Å². The Morgan fingerprint density at radius 2 is 1.96 bits per heavy atom. The van der Waals surface area contributed by atoms with Crippen molar-refractivity contribution in [2.24, 2.45) is 0 Å². The average Bonchev–Trinajstić information content (AvgIpc) is 3.03. The summed E-state index contributed by atoms with van der Waals surface area (Å²) in [6.07, 6.45) is -1.77. The molecule has 0 saturated heterocycles. The highest BCUT2D eigenvalue weighted by Crippen LogP contribution is 2.28. The third-order valence-electron chi connectivity index (χ3n) is 3.64. The van der Waals surface area contributed by atoms with Crippen molar-refractivity contribution in [2.75, 3.05) is 20.0 Å². The molecule has 0 aliphatic rings. The van der Waals surface area contributed by atoms with Crippen molar-refractivity contribution in [2.45, 2.75) is 16.4 Å². The molecule has 2 aromatic heterocycles. The van der Waals surface area contributed by atoms with Gasteiger partial charge in [-0.2, -0.15) is 13.2 Å². The Hall–Kier alpha value is -2.62. The maximum absolute atomic E-state index is 13.2. The van der Waals surface area contributed by atoms with E-state index in [9.17, 15) is 17.4 Å². The molecule has 0 unspecified atom stereocenters. The van der Waals surface area contributed by atoms with Gasteiger partial charge < -0.3 is 14.5 Å². The van der Waals surface area contributed by atoms with Crippen LogP contribution in [-0.2, 0) is 9.93 Å². The molecule has 140 valence electrons. The lowest BCUT2D eigenvalue weighted by Crippen LogP contribution is -2.20. The summed E-state index contributed by atoms with van der Waals surface area (Å²) in [7, 11) is -1.74. The molecule has 0 aliphatic carbocycles. The van der Waals surface area contributed by atoms with Gasteiger partial charge in [-0.25, -0.2) is 9.97 Å². The van der Waals surface area contributed by atoms with Gasteiger partial charge in [-0.1, -0.05) is 0 Å². The van der Waals surface area contributed by atoms with Crippen LogP contribution in [0.1, 0.15) is 0 Å². The molecule has 0 radical (unpaired) electrons. The van der Waals surface area contributed by atoms with Gasteiger partial charge in [0.25, 0.3) is 0 Å². The van der Waals surface area contributed by atoms with Crippen LogP contribution < -0.4 is 9.47 Å². The van der Waals surface area contributed by atoms with Gasteiger partial charge in [-0.3, -0.25) is 4.21 Å². The van der Waals surface area contributed by atoms with E-state index in [1.807, 2.05) is 0 Å². The lowest BCUT2D eigenvalue weighted by Gasteiger charge is -2.16. The number of benzene rings is 1. The molecule has 26 heavy (non-hydrogen) atoms. The number of pyridine rings is 1. The van der Waals surface area contributed by atoms with Crippen LogP contribution in [0.25, 0.3) is 11.0 Å². The molecule has 0 bridgehead atoms. The number of imidazole rings is 1. The summed E-state index contributed by atoms with van der Waals surface area (Å²) in [5.74, 6) is 0.536. The Kier molecular flexibility index (Phi) is 4.61. The second-order valence-electron chi connectivity index (χ2n) is 5.62. The SMILES string of the molecule is COc1ccc2[nH]c([SH](C)(=O)c3cc(OCC(F)(F)F)ccn3)nc2c1. The van der Waals surface area contributed by atoms with Crippen molar-refractivity contribution in [1.29, 1.82) is 0 Å². The fourth-order valence-corrected chi connectivity index (χ4v) is 3.81. The maximum atomic E-state index is 13.2. The zero-order valence-corrected chi connectivity index (χ0v) is 14.8. The first-order chi connectivity index (χ1) is 12.2. The predicted octanol–water partition coefficient (Wildman–Crippen LogP) is 2.97. The van der Waals surface area contributed by atoms with Crippen molar-refractivity contribution in [3.63, 3.8) is 0 Å². The third-order valence-corrected chi connectivity index (χ3v) is 5.78. The normalized spacial score (nSPS) is 13.0. The van der Waals surface area contributed by atoms with Crippen molar-refractivity contribution in [1.82, 2.24) is 15.0 Å².